The maximum absolute atomic E-state index is 2.30. The molecule has 0 bridgehead atoms. The van der Waals surface area contributed by atoms with E-state index < -0.39 is 0 Å². The molecule has 0 radical (unpaired) electrons. The second kappa shape index (κ2) is 4.94. The lowest BCUT2D eigenvalue weighted by Gasteiger charge is -2.17. The van der Waals surface area contributed by atoms with E-state index in [-0.39, 0.29) is 0 Å². The maximum Gasteiger partial charge on any atom is 0.0179 e. The second-order valence-corrected chi connectivity index (χ2v) is 7.61. The Bertz CT molecular complexity index is 261. The third kappa shape index (κ3) is 4.61. The van der Waals surface area contributed by atoms with Crippen LogP contribution in [0.4, 0.5) is 0 Å². The van der Waals surface area contributed by atoms with Crippen molar-refractivity contribution in [2.75, 3.05) is 0 Å². The minimum atomic E-state index is 0.305. The van der Waals surface area contributed by atoms with E-state index in [1.165, 1.54) is 9.79 Å². The Hall–Kier alpha value is 0.650. The number of hydrogen-bond donors (Lipinski definition) is 0. The standard InChI is InChI=1S/C10H13IS2/c1-10(2,3)12-8-4-6-9(13-11)7-5-8/h4-7H,1-3H3. The lowest BCUT2D eigenvalue weighted by molar-refractivity contribution is 0.803. The van der Waals surface area contributed by atoms with Gasteiger partial charge in [0.15, 0.2) is 0 Å². The summed E-state index contributed by atoms with van der Waals surface area (Å²) in [6.07, 6.45) is 0. The molecular weight excluding hydrogens is 311 g/mol. The summed E-state index contributed by atoms with van der Waals surface area (Å²) >= 11 is 4.21. The highest BCUT2D eigenvalue weighted by Crippen LogP contribution is 2.33. The minimum Gasteiger partial charge on any atom is -0.120 e. The van der Waals surface area contributed by atoms with E-state index in [9.17, 15) is 0 Å². The molecular formula is C10H13IS2. The van der Waals surface area contributed by atoms with Crippen LogP contribution in [0.15, 0.2) is 34.1 Å². The van der Waals surface area contributed by atoms with E-state index in [0.717, 1.165) is 0 Å². The van der Waals surface area contributed by atoms with Crippen molar-refractivity contribution >= 4 is 41.9 Å². The summed E-state index contributed by atoms with van der Waals surface area (Å²) in [6, 6.07) is 8.73. The predicted octanol–water partition coefficient (Wildman–Crippen LogP) is 5.02. The number of rotatable bonds is 2. The Morgan fingerprint density at radius 3 is 1.85 bits per heavy atom. The van der Waals surface area contributed by atoms with Gasteiger partial charge in [0.25, 0.3) is 0 Å². The van der Waals surface area contributed by atoms with Gasteiger partial charge in [0.05, 0.1) is 0 Å². The Kier molecular flexibility index (Phi) is 4.45. The molecule has 0 aromatic heterocycles. The summed E-state index contributed by atoms with van der Waals surface area (Å²) in [5, 5.41) is 0. The van der Waals surface area contributed by atoms with E-state index in [1.807, 2.05) is 11.8 Å². The van der Waals surface area contributed by atoms with Crippen LogP contribution in [0.5, 0.6) is 0 Å². The van der Waals surface area contributed by atoms with Crippen LogP contribution in [-0.4, -0.2) is 4.75 Å². The van der Waals surface area contributed by atoms with Crippen LogP contribution < -0.4 is 0 Å². The van der Waals surface area contributed by atoms with Gasteiger partial charge >= 0.3 is 0 Å². The molecule has 0 amide bonds. The molecule has 0 N–H and O–H groups in total. The van der Waals surface area contributed by atoms with Gasteiger partial charge in [-0.2, -0.15) is 0 Å². The van der Waals surface area contributed by atoms with Gasteiger partial charge in [-0.15, -0.1) is 11.8 Å². The monoisotopic (exact) mass is 324 g/mol. The van der Waals surface area contributed by atoms with Gasteiger partial charge < -0.3 is 0 Å². The Balaban J connectivity index is 2.70. The minimum absolute atomic E-state index is 0.305. The zero-order chi connectivity index (χ0) is 9.90. The average molecular weight is 324 g/mol. The first-order chi connectivity index (χ1) is 6.01. The van der Waals surface area contributed by atoms with Crippen LogP contribution in [0.3, 0.4) is 0 Å². The largest absolute Gasteiger partial charge is 0.120 e. The lowest BCUT2D eigenvalue weighted by atomic mass is 10.3. The number of hydrogen-bond acceptors (Lipinski definition) is 2. The van der Waals surface area contributed by atoms with Gasteiger partial charge in [-0.25, -0.2) is 0 Å². The van der Waals surface area contributed by atoms with Crippen molar-refractivity contribution in [1.29, 1.82) is 0 Å². The van der Waals surface area contributed by atoms with E-state index >= 15 is 0 Å². The molecule has 0 aliphatic carbocycles. The first kappa shape index (κ1) is 11.7. The second-order valence-electron chi connectivity index (χ2n) is 3.76. The molecule has 1 aromatic carbocycles. The van der Waals surface area contributed by atoms with Crippen molar-refractivity contribution < 1.29 is 0 Å². The fourth-order valence-electron chi connectivity index (χ4n) is 0.913. The quantitative estimate of drug-likeness (QED) is 0.553. The van der Waals surface area contributed by atoms with E-state index in [1.54, 1.807) is 8.93 Å². The summed E-state index contributed by atoms with van der Waals surface area (Å²) < 4.78 is 0.305. The zero-order valence-electron chi connectivity index (χ0n) is 8.00. The third-order valence-corrected chi connectivity index (χ3v) is 4.43. The maximum atomic E-state index is 2.30. The van der Waals surface area contributed by atoms with Crippen LogP contribution >= 0.6 is 41.9 Å². The van der Waals surface area contributed by atoms with Gasteiger partial charge in [-0.1, -0.05) is 29.7 Å². The summed E-state index contributed by atoms with van der Waals surface area (Å²) in [5.74, 6) is 0. The molecule has 0 atom stereocenters. The molecule has 1 aromatic rings. The number of thioether (sulfide) groups is 1. The van der Waals surface area contributed by atoms with E-state index in [0.29, 0.717) is 4.75 Å². The Morgan fingerprint density at radius 1 is 1.00 bits per heavy atom. The van der Waals surface area contributed by atoms with Crippen molar-refractivity contribution in [2.45, 2.75) is 35.3 Å². The van der Waals surface area contributed by atoms with Crippen molar-refractivity contribution in [1.82, 2.24) is 0 Å². The van der Waals surface area contributed by atoms with E-state index in [4.69, 9.17) is 0 Å². The topological polar surface area (TPSA) is 0 Å². The summed E-state index contributed by atoms with van der Waals surface area (Å²) in [5.41, 5.74) is 0. The first-order valence-corrected chi connectivity index (χ1v) is 8.26. The van der Waals surface area contributed by atoms with Gasteiger partial charge in [-0.05, 0) is 24.3 Å². The highest BCUT2D eigenvalue weighted by molar-refractivity contribution is 14.2. The number of halogens is 1. The molecule has 0 saturated carbocycles. The van der Waals surface area contributed by atoms with Crippen LogP contribution in [0.25, 0.3) is 0 Å². The Labute approximate surface area is 101 Å². The van der Waals surface area contributed by atoms with Crippen LogP contribution in [0.1, 0.15) is 20.8 Å². The fraction of sp³-hybridized carbons (Fsp3) is 0.400. The van der Waals surface area contributed by atoms with Gasteiger partial charge in [0.1, 0.15) is 0 Å². The van der Waals surface area contributed by atoms with Gasteiger partial charge in [0.2, 0.25) is 0 Å². The number of benzene rings is 1. The molecule has 1 rings (SSSR count). The van der Waals surface area contributed by atoms with Gasteiger partial charge in [0, 0.05) is 35.7 Å². The molecule has 0 saturated heterocycles. The highest BCUT2D eigenvalue weighted by Gasteiger charge is 2.11. The molecule has 0 aliphatic heterocycles. The molecule has 0 unspecified atom stereocenters. The third-order valence-electron chi connectivity index (χ3n) is 1.34. The van der Waals surface area contributed by atoms with Gasteiger partial charge in [-0.3, -0.25) is 0 Å². The highest BCUT2D eigenvalue weighted by atomic mass is 127. The van der Waals surface area contributed by atoms with Crippen LogP contribution in [0.2, 0.25) is 0 Å². The average Bonchev–Trinajstić information content (AvgIpc) is 2.03. The smallest absolute Gasteiger partial charge is 0.0179 e. The van der Waals surface area contributed by atoms with E-state index in [2.05, 4.69) is 66.2 Å². The lowest BCUT2D eigenvalue weighted by Crippen LogP contribution is -2.06. The van der Waals surface area contributed by atoms with Crippen molar-refractivity contribution in [3.05, 3.63) is 24.3 Å². The zero-order valence-corrected chi connectivity index (χ0v) is 11.8. The summed E-state index contributed by atoms with van der Waals surface area (Å²) in [6.45, 7) is 6.70. The molecule has 0 fully saturated rings. The molecule has 72 valence electrons. The van der Waals surface area contributed by atoms with Crippen LogP contribution in [0, 0.1) is 0 Å². The Morgan fingerprint density at radius 2 is 1.46 bits per heavy atom. The summed E-state index contributed by atoms with van der Waals surface area (Å²) in [7, 11) is 1.76. The predicted molar refractivity (Wildman–Crippen MR) is 71.9 cm³/mol. The normalized spacial score (nSPS) is 11.7. The molecule has 0 nitrogen and oxygen atoms in total. The van der Waals surface area contributed by atoms with Crippen molar-refractivity contribution in [2.24, 2.45) is 0 Å². The fourth-order valence-corrected chi connectivity index (χ4v) is 3.01. The molecule has 0 spiro atoms. The first-order valence-electron chi connectivity index (χ1n) is 4.09. The van der Waals surface area contributed by atoms with Crippen molar-refractivity contribution in [3.63, 3.8) is 0 Å². The SMILES string of the molecule is CC(C)(C)Sc1ccc(SI)cc1. The molecule has 3 heteroatoms. The van der Waals surface area contributed by atoms with Crippen molar-refractivity contribution in [3.8, 4) is 0 Å². The van der Waals surface area contributed by atoms with Crippen LogP contribution in [-0.2, 0) is 0 Å². The molecule has 0 heterocycles. The molecule has 13 heavy (non-hydrogen) atoms. The summed E-state index contributed by atoms with van der Waals surface area (Å²) in [4.78, 5) is 2.67. The molecule has 0 aliphatic rings.